The molecule has 0 aliphatic carbocycles. The number of rotatable bonds is 0. The molecule has 1 heterocycles. The second-order valence-corrected chi connectivity index (χ2v) is 8.55. The maximum absolute atomic E-state index is 12.4. The Morgan fingerprint density at radius 1 is 1.07 bits per heavy atom. The van der Waals surface area contributed by atoms with Gasteiger partial charge < -0.3 is 0 Å². The molecule has 1 atom stereocenters. The molecule has 0 bridgehead atoms. The van der Waals surface area contributed by atoms with Gasteiger partial charge in [-0.05, 0) is 47.4 Å². The van der Waals surface area contributed by atoms with Gasteiger partial charge in [-0.15, -0.1) is 0 Å². The summed E-state index contributed by atoms with van der Waals surface area (Å²) in [6.07, 6.45) is 0. The van der Waals surface area contributed by atoms with Crippen LogP contribution < -0.4 is 0 Å². The van der Waals surface area contributed by atoms with E-state index in [1.54, 1.807) is 0 Å². The molecule has 1 unspecified atom stereocenters. The average Bonchev–Trinajstić information content (AvgIpc) is 2.22. The summed E-state index contributed by atoms with van der Waals surface area (Å²) in [6.45, 7) is 13.4. The van der Waals surface area contributed by atoms with Crippen LogP contribution in [0.5, 0.6) is 0 Å². The van der Waals surface area contributed by atoms with E-state index in [4.69, 9.17) is 0 Å². The fourth-order valence-electron chi connectivity index (χ4n) is 1.73. The van der Waals surface area contributed by atoms with Crippen molar-refractivity contribution in [3.05, 3.63) is 0 Å². The molecule has 0 radical (unpaired) electrons. The zero-order valence-corrected chi connectivity index (χ0v) is 11.6. The predicted molar refractivity (Wildman–Crippen MR) is 68.2 cm³/mol. The zero-order chi connectivity index (χ0) is 12.1. The van der Waals surface area contributed by atoms with Crippen LogP contribution in [0.4, 0.5) is 0 Å². The maximum Gasteiger partial charge on any atom is 0.0819 e. The second kappa shape index (κ2) is 3.47. The lowest BCUT2D eigenvalue weighted by Crippen LogP contribution is -2.45. The summed E-state index contributed by atoms with van der Waals surface area (Å²) in [7, 11) is -2.12. The molecule has 0 aromatic rings. The Morgan fingerprint density at radius 3 is 1.73 bits per heavy atom. The smallest absolute Gasteiger partial charge is 0.0819 e. The van der Waals surface area contributed by atoms with Gasteiger partial charge >= 0.3 is 0 Å². The highest BCUT2D eigenvalue weighted by Gasteiger charge is 2.40. The topological polar surface area (TPSA) is 23.6 Å². The summed E-state index contributed by atoms with van der Waals surface area (Å²) in [5.41, 5.74) is -0.0286. The minimum absolute atomic E-state index is 0.0559. The van der Waals surface area contributed by atoms with Crippen LogP contribution in [-0.4, -0.2) is 42.9 Å². The van der Waals surface area contributed by atoms with Crippen LogP contribution >= 0.6 is 0 Å². The van der Waals surface area contributed by atoms with Gasteiger partial charge in [0, 0.05) is 20.8 Å². The van der Waals surface area contributed by atoms with Gasteiger partial charge in [0.15, 0.2) is 0 Å². The van der Waals surface area contributed by atoms with E-state index in [0.717, 1.165) is 6.67 Å². The Morgan fingerprint density at radius 2 is 1.53 bits per heavy atom. The van der Waals surface area contributed by atoms with E-state index in [1.807, 2.05) is 4.31 Å². The first-order valence-corrected chi connectivity index (χ1v) is 7.18. The van der Waals surface area contributed by atoms with Gasteiger partial charge in [-0.1, -0.05) is 0 Å². The van der Waals surface area contributed by atoms with E-state index in [-0.39, 0.29) is 11.1 Å². The Bertz CT molecular complexity index is 333. The third kappa shape index (κ3) is 2.74. The molecule has 15 heavy (non-hydrogen) atoms. The van der Waals surface area contributed by atoms with Gasteiger partial charge in [0.1, 0.15) is 0 Å². The molecule has 4 heteroatoms. The maximum atomic E-state index is 12.4. The number of hydrogen-bond donors (Lipinski definition) is 0. The fraction of sp³-hybridized carbons (Fsp3) is 0.909. The van der Waals surface area contributed by atoms with Crippen molar-refractivity contribution in [2.45, 2.75) is 52.6 Å². The lowest BCUT2D eigenvalue weighted by molar-refractivity contribution is 0.111. The van der Waals surface area contributed by atoms with E-state index in [0.29, 0.717) is 5.88 Å². The van der Waals surface area contributed by atoms with Crippen LogP contribution in [0, 0.1) is 0 Å². The van der Waals surface area contributed by atoms with Crippen LogP contribution in [-0.2, 0) is 9.71 Å². The van der Waals surface area contributed by atoms with E-state index < -0.39 is 9.71 Å². The summed E-state index contributed by atoms with van der Waals surface area (Å²) < 4.78 is 14.4. The van der Waals surface area contributed by atoms with Crippen molar-refractivity contribution in [3.8, 4) is 0 Å². The number of hydrogen-bond acceptors (Lipinski definition) is 2. The summed E-state index contributed by atoms with van der Waals surface area (Å²) in [5, 5.41) is 0. The first-order chi connectivity index (χ1) is 6.44. The van der Waals surface area contributed by atoms with Gasteiger partial charge in [-0.25, -0.2) is 4.31 Å². The van der Waals surface area contributed by atoms with Crippen molar-refractivity contribution < 1.29 is 4.21 Å². The first-order valence-electron chi connectivity index (χ1n) is 5.32. The van der Waals surface area contributed by atoms with E-state index in [1.165, 1.54) is 0 Å². The largest absolute Gasteiger partial charge is 0.272 e. The van der Waals surface area contributed by atoms with E-state index in [2.05, 4.69) is 52.3 Å². The van der Waals surface area contributed by atoms with Gasteiger partial charge in [-0.2, -0.15) is 0 Å². The average molecular weight is 232 g/mol. The van der Waals surface area contributed by atoms with Crippen LogP contribution in [0.2, 0.25) is 0 Å². The zero-order valence-electron chi connectivity index (χ0n) is 10.8. The minimum Gasteiger partial charge on any atom is -0.272 e. The Hall–Kier alpha value is -0.0600. The molecule has 90 valence electrons. The van der Waals surface area contributed by atoms with Gasteiger partial charge in [0.2, 0.25) is 0 Å². The number of nitrogens with zero attached hydrogens (tertiary/aromatic N) is 2. The third-order valence-electron chi connectivity index (χ3n) is 2.76. The van der Waals surface area contributed by atoms with Crippen LogP contribution in [0.3, 0.4) is 0 Å². The molecule has 1 rings (SSSR count). The first kappa shape index (κ1) is 13.0. The molecule has 0 amide bonds. The van der Waals surface area contributed by atoms with Crippen molar-refractivity contribution in [1.29, 1.82) is 0 Å². The molecule has 1 fully saturated rings. The van der Waals surface area contributed by atoms with Gasteiger partial charge in [-0.3, -0.25) is 9.11 Å². The molecular formula is C11H24N2OS. The Kier molecular flexibility index (Phi) is 3.01. The van der Waals surface area contributed by atoms with E-state index in [9.17, 15) is 4.21 Å². The van der Waals surface area contributed by atoms with Crippen molar-refractivity contribution in [1.82, 2.24) is 9.21 Å². The lowest BCUT2D eigenvalue weighted by atomic mass is 10.1. The predicted octanol–water partition coefficient (Wildman–Crippen LogP) is 1.75. The Labute approximate surface area is 94.6 Å². The van der Waals surface area contributed by atoms with E-state index >= 15 is 0 Å². The van der Waals surface area contributed by atoms with Crippen LogP contribution in [0.25, 0.3) is 0 Å². The summed E-state index contributed by atoms with van der Waals surface area (Å²) in [4.78, 5) is 2.23. The standard InChI is InChI=1S/C11H24N2OS/c1-10(2,3)12-8-13(11(4,5)6)15(7,14)9-12/h7-9H2,1-6H3. The molecule has 3 nitrogen and oxygen atoms in total. The molecular weight excluding hydrogens is 208 g/mol. The quantitative estimate of drug-likeness (QED) is 0.594. The minimum atomic E-state index is -2.12. The highest BCUT2D eigenvalue weighted by atomic mass is 32.2. The molecule has 0 N–H and O–H groups in total. The van der Waals surface area contributed by atoms with Gasteiger partial charge in [0.25, 0.3) is 0 Å². The molecule has 0 aromatic carbocycles. The lowest BCUT2D eigenvalue weighted by Gasteiger charge is -2.34. The normalized spacial score (nSPS) is 31.1. The fourth-order valence-corrected chi connectivity index (χ4v) is 4.17. The monoisotopic (exact) mass is 232 g/mol. The van der Waals surface area contributed by atoms with Crippen molar-refractivity contribution in [2.75, 3.05) is 12.5 Å². The highest BCUT2D eigenvalue weighted by molar-refractivity contribution is 7.98. The molecule has 1 saturated heterocycles. The molecule has 1 aliphatic heterocycles. The Balaban J connectivity index is 2.98. The van der Waals surface area contributed by atoms with Gasteiger partial charge in [0.05, 0.1) is 12.5 Å². The molecule has 0 spiro atoms. The van der Waals surface area contributed by atoms with Crippen molar-refractivity contribution in [2.24, 2.45) is 0 Å². The summed E-state index contributed by atoms with van der Waals surface area (Å²) in [5.74, 6) is 4.47. The molecule has 1 aliphatic rings. The molecule has 0 aromatic heterocycles. The highest BCUT2D eigenvalue weighted by Crippen LogP contribution is 2.29. The van der Waals surface area contributed by atoms with Crippen LogP contribution in [0.1, 0.15) is 41.5 Å². The third-order valence-corrected chi connectivity index (χ3v) is 4.94. The summed E-state index contributed by atoms with van der Waals surface area (Å²) >= 11 is 0. The molecule has 0 saturated carbocycles. The summed E-state index contributed by atoms with van der Waals surface area (Å²) in [6, 6.07) is 0. The SMILES string of the molecule is C=S1(=O)CN(C(C)(C)C)CN1C(C)(C)C. The second-order valence-electron chi connectivity index (χ2n) is 6.30. The van der Waals surface area contributed by atoms with Crippen molar-refractivity contribution in [3.63, 3.8) is 0 Å². The van der Waals surface area contributed by atoms with Crippen molar-refractivity contribution >= 4 is 15.6 Å². The van der Waals surface area contributed by atoms with Crippen LogP contribution in [0.15, 0.2) is 0 Å².